The van der Waals surface area contributed by atoms with E-state index in [0.29, 0.717) is 0 Å². The fourth-order valence-corrected chi connectivity index (χ4v) is 8.63. The standard InChI is InChI=1S/C21H25.C12H18.C5H5.2ClH.Zr/c1-20(2,3)16-9-7-14-11-15-8-10-17(21(4,5)6)13-19(15)18(14)12-16;1-2-12-6-9-3-10(7-12)5-11(4-9)8-12;1-2-4-5-3-1;;;/h7,9-10,12-13H,11H2,1-6H3;9-11H,3-8H2,1H3;1-5H;2*1H;/q-1;;-1;;;+2/p-2. The monoisotopic (exact) mass is 664 g/mol. The maximum atomic E-state index is 3.53. The molecule has 4 fully saturated rings. The van der Waals surface area contributed by atoms with Crippen molar-refractivity contribution in [3.63, 3.8) is 0 Å². The molecule has 0 spiro atoms. The zero-order valence-corrected chi connectivity index (χ0v) is 30.2. The zero-order chi connectivity index (χ0) is 28.0. The van der Waals surface area contributed by atoms with Gasteiger partial charge < -0.3 is 24.8 Å². The Morgan fingerprint density at radius 1 is 0.805 bits per heavy atom. The second kappa shape index (κ2) is 13.4. The van der Waals surface area contributed by atoms with E-state index in [1.54, 1.807) is 62.8 Å². The van der Waals surface area contributed by atoms with Crippen molar-refractivity contribution in [1.82, 2.24) is 0 Å². The van der Waals surface area contributed by atoms with Gasteiger partial charge in [0.1, 0.15) is 0 Å². The third-order valence-corrected chi connectivity index (χ3v) is 11.2. The summed E-state index contributed by atoms with van der Waals surface area (Å²) in [7, 11) is 0. The van der Waals surface area contributed by atoms with Crippen LogP contribution in [0, 0.1) is 29.2 Å². The van der Waals surface area contributed by atoms with Gasteiger partial charge in [0, 0.05) is 0 Å². The number of halogens is 2. The Morgan fingerprint density at radius 3 is 1.76 bits per heavy atom. The average molecular weight is 667 g/mol. The van der Waals surface area contributed by atoms with Gasteiger partial charge in [-0.3, -0.25) is 0 Å². The fourth-order valence-electron chi connectivity index (χ4n) is 7.88. The molecule has 0 unspecified atom stereocenters. The minimum atomic E-state index is 0. The molecule has 0 nitrogen and oxygen atoms in total. The van der Waals surface area contributed by atoms with Crippen molar-refractivity contribution in [2.75, 3.05) is 0 Å². The molecule has 41 heavy (non-hydrogen) atoms. The van der Waals surface area contributed by atoms with E-state index in [1.807, 2.05) is 33.5 Å². The normalized spacial score (nSPS) is 24.9. The predicted molar refractivity (Wildman–Crippen MR) is 164 cm³/mol. The molecule has 4 bridgehead atoms. The van der Waals surface area contributed by atoms with Gasteiger partial charge in [0.05, 0.1) is 0 Å². The Labute approximate surface area is 278 Å². The smallest absolute Gasteiger partial charge is 0.172 e. The van der Waals surface area contributed by atoms with Crippen LogP contribution in [0.2, 0.25) is 0 Å². The first-order chi connectivity index (χ1) is 18.3. The van der Waals surface area contributed by atoms with Crippen LogP contribution < -0.4 is 24.8 Å². The summed E-state index contributed by atoms with van der Waals surface area (Å²) in [5.74, 6) is 3.38. The van der Waals surface area contributed by atoms with Gasteiger partial charge in [-0.1, -0.05) is 76.3 Å². The summed E-state index contributed by atoms with van der Waals surface area (Å²) >= 11 is 1.71. The van der Waals surface area contributed by atoms with Crippen molar-refractivity contribution >= 4 is 3.21 Å². The number of fused-ring (bicyclic) bond motifs is 3. The van der Waals surface area contributed by atoms with Crippen molar-refractivity contribution in [2.45, 2.75) is 104 Å². The van der Waals surface area contributed by atoms with Gasteiger partial charge in [0.25, 0.3) is 0 Å². The summed E-state index contributed by atoms with van der Waals surface area (Å²) in [5, 5.41) is 0. The van der Waals surface area contributed by atoms with Crippen LogP contribution in [0.15, 0.2) is 60.7 Å². The van der Waals surface area contributed by atoms with E-state index in [2.05, 4.69) is 84.9 Å². The third kappa shape index (κ3) is 7.80. The van der Waals surface area contributed by atoms with Gasteiger partial charge >= 0.3 is 96.1 Å². The Kier molecular flexibility index (Phi) is 11.3. The predicted octanol–water partition coefficient (Wildman–Crippen LogP) is 4.01. The molecule has 3 aromatic carbocycles. The van der Waals surface area contributed by atoms with Gasteiger partial charge in [0.2, 0.25) is 0 Å². The SMILES string of the molecule is CC(C)(C)c1c[c-]c2c(c1)-c1cc(C(C)(C)C)ccc1C2.C[C](=[Zr+2])C12CC3CC(CC(C3)C1)C2.[Cl-].[Cl-].c1cc[cH-]c1. The van der Waals surface area contributed by atoms with Crippen LogP contribution in [-0.2, 0) is 41.5 Å². The van der Waals surface area contributed by atoms with Crippen LogP contribution in [0.25, 0.3) is 11.1 Å². The minimum Gasteiger partial charge on any atom is -1.00 e. The topological polar surface area (TPSA) is 0 Å². The van der Waals surface area contributed by atoms with Crippen molar-refractivity contribution in [3.8, 4) is 11.1 Å². The molecule has 5 aliphatic carbocycles. The molecule has 0 aliphatic heterocycles. The molecule has 0 saturated heterocycles. The largest absolute Gasteiger partial charge is 1.00 e. The zero-order valence-electron chi connectivity index (χ0n) is 26.2. The maximum Gasteiger partial charge on any atom is -0.172 e. The molecular weight excluding hydrogens is 619 g/mol. The van der Waals surface area contributed by atoms with Crippen molar-refractivity contribution in [3.05, 3.63) is 89.0 Å². The molecule has 0 radical (unpaired) electrons. The molecule has 3 aromatic rings. The van der Waals surface area contributed by atoms with E-state index in [9.17, 15) is 0 Å². The Morgan fingerprint density at radius 2 is 1.32 bits per heavy atom. The molecule has 0 atom stereocenters. The van der Waals surface area contributed by atoms with Crippen LogP contribution in [0.1, 0.15) is 109 Å². The van der Waals surface area contributed by atoms with E-state index in [0.717, 1.165) is 29.6 Å². The van der Waals surface area contributed by atoms with E-state index in [-0.39, 0.29) is 35.6 Å². The van der Waals surface area contributed by atoms with Gasteiger partial charge in [-0.15, -0.1) is 5.56 Å². The summed E-state index contributed by atoms with van der Waals surface area (Å²) in [6, 6.07) is 25.1. The van der Waals surface area contributed by atoms with Crippen LogP contribution >= 0.6 is 0 Å². The minimum absolute atomic E-state index is 0. The van der Waals surface area contributed by atoms with Crippen LogP contribution in [0.5, 0.6) is 0 Å². The number of hydrogen-bond donors (Lipinski definition) is 0. The molecule has 0 heterocycles. The summed E-state index contributed by atoms with van der Waals surface area (Å²) in [6.45, 7) is 16.1. The second-order valence-electron chi connectivity index (χ2n) is 15.1. The second-order valence-corrected chi connectivity index (χ2v) is 17.0. The number of rotatable bonds is 1. The molecule has 0 N–H and O–H groups in total. The first-order valence-corrected chi connectivity index (χ1v) is 16.5. The Hall–Kier alpha value is -0.877. The molecule has 0 amide bonds. The Bertz CT molecular complexity index is 1190. The maximum absolute atomic E-state index is 3.53. The summed E-state index contributed by atoms with van der Waals surface area (Å²) in [6.07, 6.45) is 10.5. The molecule has 3 heteroatoms. The fraction of sp³-hybridized carbons (Fsp3) is 0.526. The molecule has 220 valence electrons. The van der Waals surface area contributed by atoms with E-state index >= 15 is 0 Å². The van der Waals surface area contributed by atoms with Gasteiger partial charge in [-0.2, -0.15) is 47.5 Å². The van der Waals surface area contributed by atoms with Crippen molar-refractivity contribution < 1.29 is 49.0 Å². The molecule has 4 saturated carbocycles. The van der Waals surface area contributed by atoms with Gasteiger partial charge in [-0.25, -0.2) is 12.1 Å². The number of benzene rings is 2. The molecule has 8 rings (SSSR count). The number of hydrogen-bond acceptors (Lipinski definition) is 0. The molecular formula is C38H48Cl2Zr-2. The molecule has 0 aromatic heterocycles. The summed E-state index contributed by atoms with van der Waals surface area (Å²) < 4.78 is 1.83. The summed E-state index contributed by atoms with van der Waals surface area (Å²) in [5.41, 5.74) is 9.52. The summed E-state index contributed by atoms with van der Waals surface area (Å²) in [4.78, 5) is 0. The van der Waals surface area contributed by atoms with Crippen molar-refractivity contribution in [2.24, 2.45) is 23.2 Å². The molecule has 5 aliphatic rings. The van der Waals surface area contributed by atoms with E-state index in [1.165, 1.54) is 33.4 Å². The van der Waals surface area contributed by atoms with Gasteiger partial charge in [-0.05, 0) is 17.4 Å². The quantitative estimate of drug-likeness (QED) is 0.270. The van der Waals surface area contributed by atoms with E-state index in [4.69, 9.17) is 0 Å². The average Bonchev–Trinajstić information content (AvgIpc) is 3.53. The van der Waals surface area contributed by atoms with Crippen LogP contribution in [0.4, 0.5) is 0 Å². The Balaban J connectivity index is 0.000000196. The van der Waals surface area contributed by atoms with Crippen LogP contribution in [0.3, 0.4) is 0 Å². The van der Waals surface area contributed by atoms with E-state index < -0.39 is 0 Å². The van der Waals surface area contributed by atoms with Crippen LogP contribution in [-0.4, -0.2) is 3.21 Å². The van der Waals surface area contributed by atoms with Crippen molar-refractivity contribution in [1.29, 1.82) is 0 Å². The van der Waals surface area contributed by atoms with Gasteiger partial charge in [0.15, 0.2) is 0 Å². The first-order valence-electron chi connectivity index (χ1n) is 15.3. The first kappa shape index (κ1) is 34.6. The third-order valence-electron chi connectivity index (χ3n) is 9.92.